The lowest BCUT2D eigenvalue weighted by Crippen LogP contribution is -2.53. The summed E-state index contributed by atoms with van der Waals surface area (Å²) >= 11 is 0. The largest absolute Gasteiger partial charge is 0.339 e. The lowest BCUT2D eigenvalue weighted by molar-refractivity contribution is -0.145. The lowest BCUT2D eigenvalue weighted by Gasteiger charge is -2.41. The Morgan fingerprint density at radius 2 is 2.11 bits per heavy atom. The number of likely N-dealkylation sites (tertiary alicyclic amines) is 1. The van der Waals surface area contributed by atoms with Crippen LogP contribution in [0.25, 0.3) is 0 Å². The third-order valence-corrected chi connectivity index (χ3v) is 5.87. The second-order valence-corrected chi connectivity index (χ2v) is 6.81. The van der Waals surface area contributed by atoms with Gasteiger partial charge in [-0.3, -0.25) is 4.79 Å². The molecule has 3 aliphatic rings. The number of fused-ring (bicyclic) bond motifs is 1. The van der Waals surface area contributed by atoms with Crippen LogP contribution in [0.3, 0.4) is 0 Å². The first-order chi connectivity index (χ1) is 9.27. The van der Waals surface area contributed by atoms with Crippen molar-refractivity contribution in [2.45, 2.75) is 64.3 Å². The Balaban J connectivity index is 1.75. The van der Waals surface area contributed by atoms with Crippen LogP contribution in [0.5, 0.6) is 0 Å². The average Bonchev–Trinajstić information content (AvgIpc) is 2.91. The maximum Gasteiger partial charge on any atom is 0.230 e. The fraction of sp³-hybridized carbons (Fsp3) is 0.938. The Bertz CT molecular complexity index is 336. The van der Waals surface area contributed by atoms with E-state index < -0.39 is 0 Å². The maximum absolute atomic E-state index is 13.1. The SMILES string of the molecule is CCC1(C(=O)N2CCC3CCCCC32)CCCNC1. The van der Waals surface area contributed by atoms with E-state index >= 15 is 0 Å². The van der Waals surface area contributed by atoms with Crippen molar-refractivity contribution in [1.29, 1.82) is 0 Å². The van der Waals surface area contributed by atoms with Gasteiger partial charge in [0, 0.05) is 19.1 Å². The fourth-order valence-electron chi connectivity index (χ4n) is 4.57. The molecule has 108 valence electrons. The molecular formula is C16H28N2O. The minimum absolute atomic E-state index is 0.0927. The molecule has 0 aromatic heterocycles. The summed E-state index contributed by atoms with van der Waals surface area (Å²) in [5.74, 6) is 1.28. The van der Waals surface area contributed by atoms with Gasteiger partial charge in [0.15, 0.2) is 0 Å². The number of carbonyl (C=O) groups is 1. The smallest absolute Gasteiger partial charge is 0.230 e. The standard InChI is InChI=1S/C16H28N2O/c1-2-16(9-5-10-17-12-16)15(19)18-11-8-13-6-3-4-7-14(13)18/h13-14,17H,2-12H2,1H3. The van der Waals surface area contributed by atoms with Gasteiger partial charge in [0.25, 0.3) is 0 Å². The van der Waals surface area contributed by atoms with Crippen molar-refractivity contribution in [3.63, 3.8) is 0 Å². The van der Waals surface area contributed by atoms with Crippen molar-refractivity contribution in [2.24, 2.45) is 11.3 Å². The molecule has 19 heavy (non-hydrogen) atoms. The van der Waals surface area contributed by atoms with E-state index in [-0.39, 0.29) is 5.41 Å². The van der Waals surface area contributed by atoms with Gasteiger partial charge in [-0.05, 0) is 51.0 Å². The normalized spacial score (nSPS) is 39.1. The Morgan fingerprint density at radius 1 is 1.26 bits per heavy atom. The molecule has 1 amide bonds. The molecule has 3 rings (SSSR count). The summed E-state index contributed by atoms with van der Waals surface area (Å²) in [6, 6.07) is 0.576. The number of carbonyl (C=O) groups excluding carboxylic acids is 1. The Morgan fingerprint density at radius 3 is 2.84 bits per heavy atom. The third kappa shape index (κ3) is 2.31. The predicted molar refractivity (Wildman–Crippen MR) is 76.9 cm³/mol. The first-order valence-corrected chi connectivity index (χ1v) is 8.29. The van der Waals surface area contributed by atoms with E-state index in [0.717, 1.165) is 44.8 Å². The molecule has 2 aliphatic heterocycles. The second kappa shape index (κ2) is 5.43. The average molecular weight is 264 g/mol. The Kier molecular flexibility index (Phi) is 3.84. The van der Waals surface area contributed by atoms with Crippen molar-refractivity contribution < 1.29 is 4.79 Å². The molecular weight excluding hydrogens is 236 g/mol. The van der Waals surface area contributed by atoms with E-state index in [1.807, 2.05) is 0 Å². The summed E-state index contributed by atoms with van der Waals surface area (Å²) < 4.78 is 0. The van der Waals surface area contributed by atoms with Crippen molar-refractivity contribution in [1.82, 2.24) is 10.2 Å². The van der Waals surface area contributed by atoms with Crippen molar-refractivity contribution in [3.05, 3.63) is 0 Å². The molecule has 3 unspecified atom stereocenters. The van der Waals surface area contributed by atoms with E-state index in [1.165, 1.54) is 32.1 Å². The van der Waals surface area contributed by atoms with E-state index in [4.69, 9.17) is 0 Å². The van der Waals surface area contributed by atoms with Gasteiger partial charge in [-0.25, -0.2) is 0 Å². The molecule has 0 aromatic rings. The highest BCUT2D eigenvalue weighted by Gasteiger charge is 2.46. The van der Waals surface area contributed by atoms with Crippen LogP contribution in [0.15, 0.2) is 0 Å². The van der Waals surface area contributed by atoms with Gasteiger partial charge in [-0.1, -0.05) is 19.8 Å². The molecule has 2 saturated heterocycles. The molecule has 0 radical (unpaired) electrons. The molecule has 0 spiro atoms. The second-order valence-electron chi connectivity index (χ2n) is 6.81. The van der Waals surface area contributed by atoms with Gasteiger partial charge >= 0.3 is 0 Å². The van der Waals surface area contributed by atoms with Crippen LogP contribution in [-0.2, 0) is 4.79 Å². The first-order valence-electron chi connectivity index (χ1n) is 8.29. The van der Waals surface area contributed by atoms with Gasteiger partial charge in [0.1, 0.15) is 0 Å². The van der Waals surface area contributed by atoms with E-state index in [2.05, 4.69) is 17.1 Å². The number of nitrogens with zero attached hydrogens (tertiary/aromatic N) is 1. The predicted octanol–water partition coefficient (Wildman–Crippen LogP) is 2.56. The van der Waals surface area contributed by atoms with Crippen molar-refractivity contribution >= 4 is 5.91 Å². The van der Waals surface area contributed by atoms with Crippen LogP contribution in [0.2, 0.25) is 0 Å². The van der Waals surface area contributed by atoms with Gasteiger partial charge in [0.05, 0.1) is 5.41 Å². The Labute approximate surface area is 117 Å². The molecule has 0 bridgehead atoms. The fourth-order valence-corrected chi connectivity index (χ4v) is 4.57. The highest BCUT2D eigenvalue weighted by molar-refractivity contribution is 5.83. The number of rotatable bonds is 2. The van der Waals surface area contributed by atoms with Gasteiger partial charge in [-0.2, -0.15) is 0 Å². The zero-order valence-corrected chi connectivity index (χ0v) is 12.3. The number of hydrogen-bond donors (Lipinski definition) is 1. The van der Waals surface area contributed by atoms with Crippen LogP contribution < -0.4 is 5.32 Å². The van der Waals surface area contributed by atoms with E-state index in [9.17, 15) is 4.79 Å². The summed E-state index contributed by atoms with van der Waals surface area (Å²) in [7, 11) is 0. The quantitative estimate of drug-likeness (QED) is 0.831. The topological polar surface area (TPSA) is 32.3 Å². The molecule has 1 aliphatic carbocycles. The molecule has 3 nitrogen and oxygen atoms in total. The lowest BCUT2D eigenvalue weighted by atomic mass is 9.76. The highest BCUT2D eigenvalue weighted by Crippen LogP contribution is 2.40. The van der Waals surface area contributed by atoms with Gasteiger partial charge in [-0.15, -0.1) is 0 Å². The summed E-state index contributed by atoms with van der Waals surface area (Å²) in [6.45, 7) is 5.20. The molecule has 3 atom stereocenters. The number of hydrogen-bond acceptors (Lipinski definition) is 2. The maximum atomic E-state index is 13.1. The molecule has 1 saturated carbocycles. The molecule has 3 heteroatoms. The van der Waals surface area contributed by atoms with Crippen LogP contribution in [-0.4, -0.2) is 36.5 Å². The minimum atomic E-state index is -0.0927. The molecule has 0 aromatic carbocycles. The summed E-state index contributed by atoms with van der Waals surface area (Å²) in [5, 5.41) is 3.46. The van der Waals surface area contributed by atoms with Crippen LogP contribution >= 0.6 is 0 Å². The zero-order chi connectivity index (χ0) is 13.3. The van der Waals surface area contributed by atoms with Crippen LogP contribution in [0.4, 0.5) is 0 Å². The molecule has 3 fully saturated rings. The summed E-state index contributed by atoms with van der Waals surface area (Å²) in [4.78, 5) is 15.4. The minimum Gasteiger partial charge on any atom is -0.339 e. The Hall–Kier alpha value is -0.570. The van der Waals surface area contributed by atoms with Crippen molar-refractivity contribution in [3.8, 4) is 0 Å². The monoisotopic (exact) mass is 264 g/mol. The zero-order valence-electron chi connectivity index (χ0n) is 12.3. The highest BCUT2D eigenvalue weighted by atomic mass is 16.2. The molecule has 2 heterocycles. The van der Waals surface area contributed by atoms with E-state index in [0.29, 0.717) is 11.9 Å². The van der Waals surface area contributed by atoms with Crippen molar-refractivity contribution in [2.75, 3.05) is 19.6 Å². The number of amides is 1. The van der Waals surface area contributed by atoms with E-state index in [1.54, 1.807) is 0 Å². The summed E-state index contributed by atoms with van der Waals surface area (Å²) in [6.07, 6.45) is 9.79. The third-order valence-electron chi connectivity index (χ3n) is 5.87. The summed E-state index contributed by atoms with van der Waals surface area (Å²) in [5.41, 5.74) is -0.0927. The van der Waals surface area contributed by atoms with Gasteiger partial charge in [0.2, 0.25) is 5.91 Å². The van der Waals surface area contributed by atoms with Crippen LogP contribution in [0.1, 0.15) is 58.3 Å². The number of nitrogens with one attached hydrogen (secondary N) is 1. The molecule has 1 N–H and O–H groups in total. The van der Waals surface area contributed by atoms with Gasteiger partial charge < -0.3 is 10.2 Å². The number of piperidine rings is 1. The van der Waals surface area contributed by atoms with Crippen LogP contribution in [0, 0.1) is 11.3 Å². The first kappa shape index (κ1) is 13.4.